The van der Waals surface area contributed by atoms with Gasteiger partial charge in [0.15, 0.2) is 23.3 Å². The number of rotatable bonds is 5. The van der Waals surface area contributed by atoms with Gasteiger partial charge in [-0.1, -0.05) is 0 Å². The number of aromatic nitrogens is 1. The lowest BCUT2D eigenvalue weighted by atomic mass is 9.94. The maximum atomic E-state index is 13.7. The monoisotopic (exact) mass is 287 g/mol. The van der Waals surface area contributed by atoms with Gasteiger partial charge in [-0.3, -0.25) is 0 Å². The maximum absolute atomic E-state index is 13.7. The Labute approximate surface area is 116 Å². The van der Waals surface area contributed by atoms with Gasteiger partial charge in [-0.25, -0.2) is 13.8 Å². The second kappa shape index (κ2) is 6.32. The minimum atomic E-state index is -0.945. The number of halogens is 2. The second-order valence-electron chi connectivity index (χ2n) is 4.87. The minimum Gasteiger partial charge on any atom is -0.388 e. The summed E-state index contributed by atoms with van der Waals surface area (Å²) in [5.41, 5.74) is -0.945. The molecule has 2 heterocycles. The van der Waals surface area contributed by atoms with Crippen LogP contribution < -0.4 is 10.6 Å². The number of ether oxygens (including phenoxy) is 1. The number of hydrogen-bond acceptors (Lipinski definition) is 5. The topological polar surface area (TPSA) is 66.4 Å². The SMILES string of the molecule is CCNc1nc(NCC2(O)CCOCC2)c(F)cc1F. The number of pyridine rings is 1. The van der Waals surface area contributed by atoms with Crippen molar-refractivity contribution < 1.29 is 18.6 Å². The summed E-state index contributed by atoms with van der Waals surface area (Å²) >= 11 is 0. The molecule has 0 amide bonds. The van der Waals surface area contributed by atoms with Crippen molar-refractivity contribution in [2.24, 2.45) is 0 Å². The van der Waals surface area contributed by atoms with Crippen LogP contribution in [0.25, 0.3) is 0 Å². The number of nitrogens with one attached hydrogen (secondary N) is 2. The Morgan fingerprint density at radius 3 is 2.45 bits per heavy atom. The van der Waals surface area contributed by atoms with Gasteiger partial charge in [0, 0.05) is 45.2 Å². The molecule has 0 radical (unpaired) electrons. The highest BCUT2D eigenvalue weighted by atomic mass is 19.1. The average Bonchev–Trinajstić information content (AvgIpc) is 2.41. The second-order valence-corrected chi connectivity index (χ2v) is 4.87. The summed E-state index contributed by atoms with van der Waals surface area (Å²) in [6.07, 6.45) is 0.950. The van der Waals surface area contributed by atoms with Crippen molar-refractivity contribution in [3.05, 3.63) is 17.7 Å². The first kappa shape index (κ1) is 14.9. The Hall–Kier alpha value is -1.47. The molecular formula is C13H19F2N3O2. The van der Waals surface area contributed by atoms with E-state index in [4.69, 9.17) is 4.74 Å². The molecule has 0 unspecified atom stereocenters. The van der Waals surface area contributed by atoms with Crippen molar-refractivity contribution in [3.8, 4) is 0 Å². The molecular weight excluding hydrogens is 268 g/mol. The lowest BCUT2D eigenvalue weighted by Gasteiger charge is -2.32. The van der Waals surface area contributed by atoms with Gasteiger partial charge in [0.2, 0.25) is 0 Å². The molecule has 1 saturated heterocycles. The first-order valence-electron chi connectivity index (χ1n) is 6.68. The van der Waals surface area contributed by atoms with Crippen molar-refractivity contribution in [1.29, 1.82) is 0 Å². The fourth-order valence-corrected chi connectivity index (χ4v) is 2.06. The summed E-state index contributed by atoms with van der Waals surface area (Å²) in [4.78, 5) is 3.86. The molecule has 0 aliphatic carbocycles. The highest BCUT2D eigenvalue weighted by molar-refractivity contribution is 5.47. The van der Waals surface area contributed by atoms with Gasteiger partial charge < -0.3 is 20.5 Å². The minimum absolute atomic E-state index is 0.00429. The average molecular weight is 287 g/mol. The van der Waals surface area contributed by atoms with Crippen LogP contribution in [0.5, 0.6) is 0 Å². The van der Waals surface area contributed by atoms with E-state index in [1.165, 1.54) is 0 Å². The molecule has 0 bridgehead atoms. The quantitative estimate of drug-likeness (QED) is 0.770. The molecule has 1 aliphatic rings. The molecule has 1 aromatic rings. The molecule has 0 atom stereocenters. The molecule has 1 aromatic heterocycles. The van der Waals surface area contributed by atoms with Crippen LogP contribution >= 0.6 is 0 Å². The number of anilines is 2. The Morgan fingerprint density at radius 1 is 1.25 bits per heavy atom. The molecule has 5 nitrogen and oxygen atoms in total. The predicted octanol–water partition coefficient (Wildman–Crippen LogP) is 1.74. The highest BCUT2D eigenvalue weighted by Gasteiger charge is 2.30. The first-order chi connectivity index (χ1) is 9.54. The smallest absolute Gasteiger partial charge is 0.168 e. The zero-order valence-electron chi connectivity index (χ0n) is 11.4. The Balaban J connectivity index is 2.06. The van der Waals surface area contributed by atoms with E-state index in [0.717, 1.165) is 6.07 Å². The molecule has 1 fully saturated rings. The molecule has 2 rings (SSSR count). The number of nitrogens with zero attached hydrogens (tertiary/aromatic N) is 1. The highest BCUT2D eigenvalue weighted by Crippen LogP contribution is 2.23. The van der Waals surface area contributed by atoms with E-state index in [0.29, 0.717) is 32.6 Å². The lowest BCUT2D eigenvalue weighted by Crippen LogP contribution is -2.42. The fraction of sp³-hybridized carbons (Fsp3) is 0.615. The third-order valence-corrected chi connectivity index (χ3v) is 3.28. The van der Waals surface area contributed by atoms with Gasteiger partial charge in [0.25, 0.3) is 0 Å². The summed E-state index contributed by atoms with van der Waals surface area (Å²) in [6, 6.07) is 0.779. The van der Waals surface area contributed by atoms with Gasteiger partial charge >= 0.3 is 0 Å². The van der Waals surface area contributed by atoms with Crippen LogP contribution in [0.2, 0.25) is 0 Å². The zero-order valence-corrected chi connectivity index (χ0v) is 11.4. The van der Waals surface area contributed by atoms with E-state index < -0.39 is 17.2 Å². The summed E-state index contributed by atoms with van der Waals surface area (Å²) in [5.74, 6) is -1.59. The first-order valence-corrected chi connectivity index (χ1v) is 6.68. The van der Waals surface area contributed by atoms with E-state index in [9.17, 15) is 13.9 Å². The lowest BCUT2D eigenvalue weighted by molar-refractivity contribution is -0.0544. The van der Waals surface area contributed by atoms with Gasteiger partial charge in [-0.05, 0) is 6.92 Å². The molecule has 0 spiro atoms. The molecule has 20 heavy (non-hydrogen) atoms. The largest absolute Gasteiger partial charge is 0.388 e. The van der Waals surface area contributed by atoms with Crippen molar-refractivity contribution >= 4 is 11.6 Å². The van der Waals surface area contributed by atoms with E-state index >= 15 is 0 Å². The van der Waals surface area contributed by atoms with E-state index in [2.05, 4.69) is 15.6 Å². The van der Waals surface area contributed by atoms with Crippen molar-refractivity contribution in [2.75, 3.05) is 36.9 Å². The summed E-state index contributed by atoms with van der Waals surface area (Å²) in [5, 5.41) is 15.7. The summed E-state index contributed by atoms with van der Waals surface area (Å²) < 4.78 is 32.3. The van der Waals surface area contributed by atoms with E-state index in [1.807, 2.05) is 0 Å². The van der Waals surface area contributed by atoms with Crippen molar-refractivity contribution in [1.82, 2.24) is 4.98 Å². The van der Waals surface area contributed by atoms with Crippen LogP contribution in [0.1, 0.15) is 19.8 Å². The number of aliphatic hydroxyl groups is 1. The molecule has 112 valence electrons. The Kier molecular flexibility index (Phi) is 4.72. The van der Waals surface area contributed by atoms with Crippen LogP contribution in [-0.2, 0) is 4.74 Å². The molecule has 1 aliphatic heterocycles. The Morgan fingerprint density at radius 2 is 1.85 bits per heavy atom. The van der Waals surface area contributed by atoms with Crippen molar-refractivity contribution in [2.45, 2.75) is 25.4 Å². The van der Waals surface area contributed by atoms with Crippen LogP contribution in [-0.4, -0.2) is 42.0 Å². The van der Waals surface area contributed by atoms with Gasteiger partial charge in [0.1, 0.15) is 0 Å². The van der Waals surface area contributed by atoms with Gasteiger partial charge in [-0.15, -0.1) is 0 Å². The van der Waals surface area contributed by atoms with Crippen LogP contribution in [0, 0.1) is 11.6 Å². The molecule has 7 heteroatoms. The van der Waals surface area contributed by atoms with Crippen LogP contribution in [0.15, 0.2) is 6.07 Å². The summed E-state index contributed by atoms with van der Waals surface area (Å²) in [6.45, 7) is 3.37. The van der Waals surface area contributed by atoms with Gasteiger partial charge in [0.05, 0.1) is 5.60 Å². The molecule has 3 N–H and O–H groups in total. The third-order valence-electron chi connectivity index (χ3n) is 3.28. The van der Waals surface area contributed by atoms with Gasteiger partial charge in [-0.2, -0.15) is 0 Å². The molecule has 0 saturated carbocycles. The van der Waals surface area contributed by atoms with Crippen LogP contribution in [0.3, 0.4) is 0 Å². The molecule has 0 aromatic carbocycles. The Bertz CT molecular complexity index is 465. The third kappa shape index (κ3) is 3.55. The normalized spacial score (nSPS) is 17.8. The van der Waals surface area contributed by atoms with Crippen LogP contribution in [0.4, 0.5) is 20.4 Å². The zero-order chi connectivity index (χ0) is 14.6. The number of hydrogen-bond donors (Lipinski definition) is 3. The fourth-order valence-electron chi connectivity index (χ4n) is 2.06. The predicted molar refractivity (Wildman–Crippen MR) is 71.8 cm³/mol. The maximum Gasteiger partial charge on any atom is 0.168 e. The van der Waals surface area contributed by atoms with Crippen molar-refractivity contribution in [3.63, 3.8) is 0 Å². The van der Waals surface area contributed by atoms with E-state index in [-0.39, 0.29) is 18.2 Å². The summed E-state index contributed by atoms with van der Waals surface area (Å²) in [7, 11) is 0. The standard InChI is InChI=1S/C13H19F2N3O2/c1-2-16-11-9(14)7-10(15)12(18-11)17-8-13(19)3-5-20-6-4-13/h7,19H,2-6,8H2,1H3,(H2,16,17,18). The van der Waals surface area contributed by atoms with E-state index in [1.54, 1.807) is 6.92 Å².